The summed E-state index contributed by atoms with van der Waals surface area (Å²) in [4.78, 5) is 26.2. The second-order valence-electron chi connectivity index (χ2n) is 8.95. The number of carbonyl (C=O) groups excluding carboxylic acids is 2. The lowest BCUT2D eigenvalue weighted by Gasteiger charge is -2.08. The van der Waals surface area contributed by atoms with Crippen LogP contribution in [0.3, 0.4) is 0 Å². The third kappa shape index (κ3) is 4.09. The number of hydrogen-bond donors (Lipinski definition) is 2. The molecule has 0 saturated heterocycles. The van der Waals surface area contributed by atoms with Crippen molar-refractivity contribution in [1.29, 1.82) is 0 Å². The van der Waals surface area contributed by atoms with Crippen molar-refractivity contribution in [1.82, 2.24) is 9.88 Å². The standard InChI is InChI=1S/C30H24N2O5/c33-14-6-13-32-16-23(22-15-20(11-12-25(22)32)36-17-19-7-2-1-3-8-19)27-28(30(35)31-29(27)34)24-18-37-26-10-5-4-9-21(24)26/h1-5,7-12,15-16,18,33H,6,13-14,17H2,(H,31,34,35). The number of aromatic nitrogens is 1. The van der Waals surface area contributed by atoms with E-state index in [2.05, 4.69) is 5.32 Å². The molecular formula is C30H24N2O5. The fraction of sp³-hybridized carbons (Fsp3) is 0.133. The van der Waals surface area contributed by atoms with Crippen molar-refractivity contribution in [3.8, 4) is 5.75 Å². The highest BCUT2D eigenvalue weighted by molar-refractivity contribution is 6.50. The fourth-order valence-corrected chi connectivity index (χ4v) is 4.87. The Balaban J connectivity index is 1.51. The third-order valence-corrected chi connectivity index (χ3v) is 6.61. The van der Waals surface area contributed by atoms with Gasteiger partial charge in [-0.05, 0) is 36.2 Å². The summed E-state index contributed by atoms with van der Waals surface area (Å²) in [6.07, 6.45) is 3.95. The lowest BCUT2D eigenvalue weighted by Crippen LogP contribution is -2.22. The molecule has 3 heterocycles. The largest absolute Gasteiger partial charge is 0.489 e. The number of rotatable bonds is 8. The minimum absolute atomic E-state index is 0.0429. The van der Waals surface area contributed by atoms with E-state index in [9.17, 15) is 14.7 Å². The molecule has 0 aliphatic carbocycles. The van der Waals surface area contributed by atoms with Gasteiger partial charge in [0.15, 0.2) is 0 Å². The maximum Gasteiger partial charge on any atom is 0.259 e. The van der Waals surface area contributed by atoms with E-state index in [4.69, 9.17) is 9.15 Å². The Morgan fingerprint density at radius 3 is 2.43 bits per heavy atom. The SMILES string of the molecule is O=C1NC(=O)C(c2cn(CCCO)c3ccc(OCc4ccccc4)cc23)=C1c1coc2ccccc12. The van der Waals surface area contributed by atoms with E-state index in [1.807, 2.05) is 83.6 Å². The smallest absolute Gasteiger partial charge is 0.259 e. The van der Waals surface area contributed by atoms with Crippen LogP contribution in [0.2, 0.25) is 0 Å². The van der Waals surface area contributed by atoms with E-state index < -0.39 is 11.8 Å². The van der Waals surface area contributed by atoms with Gasteiger partial charge in [-0.3, -0.25) is 14.9 Å². The summed E-state index contributed by atoms with van der Waals surface area (Å²) in [6, 6.07) is 23.0. The number of amides is 2. The van der Waals surface area contributed by atoms with Crippen LogP contribution in [0.15, 0.2) is 89.7 Å². The van der Waals surface area contributed by atoms with Crippen molar-refractivity contribution in [3.63, 3.8) is 0 Å². The van der Waals surface area contributed by atoms with E-state index in [1.165, 1.54) is 6.26 Å². The molecule has 6 rings (SSSR count). The Hall–Kier alpha value is -4.62. The number of nitrogens with one attached hydrogen (secondary N) is 1. The molecule has 0 atom stereocenters. The highest BCUT2D eigenvalue weighted by Crippen LogP contribution is 2.39. The number of carbonyl (C=O) groups is 2. The van der Waals surface area contributed by atoms with Gasteiger partial charge in [0, 0.05) is 46.8 Å². The summed E-state index contributed by atoms with van der Waals surface area (Å²) in [7, 11) is 0. The van der Waals surface area contributed by atoms with Gasteiger partial charge >= 0.3 is 0 Å². The number of fused-ring (bicyclic) bond motifs is 2. The molecule has 2 aromatic heterocycles. The van der Waals surface area contributed by atoms with Crippen LogP contribution in [0.1, 0.15) is 23.1 Å². The first-order valence-corrected chi connectivity index (χ1v) is 12.1. The molecule has 1 aliphatic heterocycles. The van der Waals surface area contributed by atoms with Crippen LogP contribution in [-0.2, 0) is 22.7 Å². The molecule has 2 N–H and O–H groups in total. The molecular weight excluding hydrogens is 468 g/mol. The average molecular weight is 493 g/mol. The molecule has 1 aliphatic rings. The number of benzene rings is 3. The number of aliphatic hydroxyl groups excluding tert-OH is 1. The molecule has 0 fully saturated rings. The predicted octanol–water partition coefficient (Wildman–Crippen LogP) is 4.92. The Labute approximate surface area is 212 Å². The number of ether oxygens (including phenoxy) is 1. The van der Waals surface area contributed by atoms with Crippen molar-refractivity contribution in [3.05, 3.63) is 102 Å². The monoisotopic (exact) mass is 492 g/mol. The van der Waals surface area contributed by atoms with Crippen molar-refractivity contribution >= 4 is 44.8 Å². The summed E-state index contributed by atoms with van der Waals surface area (Å²) >= 11 is 0. The number of aliphatic hydroxyl groups is 1. The number of aryl methyl sites for hydroxylation is 1. The quantitative estimate of drug-likeness (QED) is 0.300. The van der Waals surface area contributed by atoms with Crippen LogP contribution in [0, 0.1) is 0 Å². The van der Waals surface area contributed by atoms with Crippen LogP contribution in [0.25, 0.3) is 33.0 Å². The van der Waals surface area contributed by atoms with Gasteiger partial charge in [0.1, 0.15) is 17.9 Å². The molecule has 2 amide bonds. The fourth-order valence-electron chi connectivity index (χ4n) is 4.87. The van der Waals surface area contributed by atoms with E-state index in [0.717, 1.165) is 21.9 Å². The Kier molecular flexibility index (Phi) is 5.82. The normalized spacial score (nSPS) is 13.6. The summed E-state index contributed by atoms with van der Waals surface area (Å²) in [5.41, 5.74) is 4.34. The number of furan rings is 1. The highest BCUT2D eigenvalue weighted by atomic mass is 16.5. The molecule has 0 spiro atoms. The van der Waals surface area contributed by atoms with E-state index in [1.54, 1.807) is 0 Å². The summed E-state index contributed by atoms with van der Waals surface area (Å²) in [6.45, 7) is 1.01. The zero-order valence-electron chi connectivity index (χ0n) is 19.9. The van der Waals surface area contributed by atoms with Gasteiger partial charge in [-0.1, -0.05) is 48.5 Å². The molecule has 184 valence electrons. The lowest BCUT2D eigenvalue weighted by molar-refractivity contribution is -0.122. The number of nitrogens with zero attached hydrogens (tertiary/aromatic N) is 1. The molecule has 3 aromatic carbocycles. The number of hydrogen-bond acceptors (Lipinski definition) is 5. The van der Waals surface area contributed by atoms with Crippen LogP contribution in [0.5, 0.6) is 5.75 Å². The van der Waals surface area contributed by atoms with Gasteiger partial charge < -0.3 is 18.8 Å². The lowest BCUT2D eigenvalue weighted by atomic mass is 9.95. The highest BCUT2D eigenvalue weighted by Gasteiger charge is 2.35. The second-order valence-corrected chi connectivity index (χ2v) is 8.95. The van der Waals surface area contributed by atoms with Gasteiger partial charge in [-0.15, -0.1) is 0 Å². The average Bonchev–Trinajstić information content (AvgIpc) is 3.59. The number of para-hydroxylation sites is 1. The van der Waals surface area contributed by atoms with Crippen molar-refractivity contribution in [2.45, 2.75) is 19.6 Å². The summed E-state index contributed by atoms with van der Waals surface area (Å²) < 4.78 is 13.8. The van der Waals surface area contributed by atoms with Gasteiger partial charge in [0.05, 0.1) is 17.4 Å². The van der Waals surface area contributed by atoms with Crippen molar-refractivity contribution in [2.75, 3.05) is 6.61 Å². The molecule has 7 nitrogen and oxygen atoms in total. The van der Waals surface area contributed by atoms with E-state index >= 15 is 0 Å². The minimum Gasteiger partial charge on any atom is -0.489 e. The molecule has 0 bridgehead atoms. The van der Waals surface area contributed by atoms with Crippen LogP contribution < -0.4 is 10.1 Å². The maximum atomic E-state index is 13.2. The van der Waals surface area contributed by atoms with Crippen LogP contribution in [-0.4, -0.2) is 28.1 Å². The third-order valence-electron chi connectivity index (χ3n) is 6.61. The molecule has 5 aromatic rings. The first-order valence-electron chi connectivity index (χ1n) is 12.1. The molecule has 37 heavy (non-hydrogen) atoms. The zero-order chi connectivity index (χ0) is 25.4. The van der Waals surface area contributed by atoms with Gasteiger partial charge in [-0.25, -0.2) is 0 Å². The maximum absolute atomic E-state index is 13.2. The topological polar surface area (TPSA) is 93.7 Å². The Morgan fingerprint density at radius 1 is 0.865 bits per heavy atom. The van der Waals surface area contributed by atoms with Crippen molar-refractivity contribution in [2.24, 2.45) is 0 Å². The molecule has 0 saturated carbocycles. The van der Waals surface area contributed by atoms with E-state index in [-0.39, 0.29) is 12.2 Å². The summed E-state index contributed by atoms with van der Waals surface area (Å²) in [5, 5.41) is 13.4. The van der Waals surface area contributed by atoms with Crippen LogP contribution >= 0.6 is 0 Å². The first kappa shape index (κ1) is 22.8. The second kappa shape index (κ2) is 9.44. The minimum atomic E-state index is -0.459. The zero-order valence-corrected chi connectivity index (χ0v) is 19.9. The summed E-state index contributed by atoms with van der Waals surface area (Å²) in [5.74, 6) is -0.264. The van der Waals surface area contributed by atoms with Crippen molar-refractivity contribution < 1.29 is 23.8 Å². The predicted molar refractivity (Wildman–Crippen MR) is 141 cm³/mol. The Bertz CT molecular complexity index is 1680. The molecule has 0 radical (unpaired) electrons. The van der Waals surface area contributed by atoms with E-state index in [0.29, 0.717) is 47.6 Å². The van der Waals surface area contributed by atoms with Gasteiger partial charge in [0.2, 0.25) is 0 Å². The molecule has 0 unspecified atom stereocenters. The Morgan fingerprint density at radius 2 is 1.62 bits per heavy atom. The van der Waals surface area contributed by atoms with Gasteiger partial charge in [0.25, 0.3) is 11.8 Å². The first-order chi connectivity index (χ1) is 18.1. The molecule has 7 heteroatoms. The van der Waals surface area contributed by atoms with Gasteiger partial charge in [-0.2, -0.15) is 0 Å². The van der Waals surface area contributed by atoms with Crippen LogP contribution in [0.4, 0.5) is 0 Å². The number of imide groups is 1.